The molecule has 2 aromatic heterocycles. The Hall–Kier alpha value is -2.38. The summed E-state index contributed by atoms with van der Waals surface area (Å²) < 4.78 is 6.21. The minimum atomic E-state index is -0.721. The van der Waals surface area contributed by atoms with Gasteiger partial charge in [-0.05, 0) is 30.5 Å². The summed E-state index contributed by atoms with van der Waals surface area (Å²) in [5.74, 6) is 0.634. The Bertz CT molecular complexity index is 969. The van der Waals surface area contributed by atoms with E-state index >= 15 is 0 Å². The van der Waals surface area contributed by atoms with Crippen molar-refractivity contribution in [1.82, 2.24) is 14.9 Å². The zero-order chi connectivity index (χ0) is 18.0. The van der Waals surface area contributed by atoms with E-state index < -0.39 is 6.10 Å². The molecule has 1 unspecified atom stereocenters. The van der Waals surface area contributed by atoms with Crippen molar-refractivity contribution in [3.63, 3.8) is 0 Å². The molecule has 0 spiro atoms. The van der Waals surface area contributed by atoms with Crippen molar-refractivity contribution in [3.05, 3.63) is 56.9 Å². The van der Waals surface area contributed by atoms with E-state index in [1.807, 2.05) is 5.38 Å². The number of para-hydroxylation sites is 1. The summed E-state index contributed by atoms with van der Waals surface area (Å²) in [4.78, 5) is 33.0. The van der Waals surface area contributed by atoms with Crippen LogP contribution in [0.5, 0.6) is 5.75 Å². The molecule has 0 aliphatic heterocycles. The number of likely N-dealkylation sites (N-methyl/N-ethyl adjacent to an activating group) is 1. The van der Waals surface area contributed by atoms with Crippen LogP contribution in [-0.4, -0.2) is 33.9 Å². The maximum Gasteiger partial charge on any atom is 0.268 e. The number of nitrogens with zero attached hydrogens (tertiary/aromatic N) is 2. The van der Waals surface area contributed by atoms with Gasteiger partial charge in [-0.2, -0.15) is 0 Å². The summed E-state index contributed by atoms with van der Waals surface area (Å²) in [5, 5.41) is 2.25. The minimum absolute atomic E-state index is 0.177. The molecule has 1 amide bonds. The average Bonchev–Trinajstić information content (AvgIpc) is 3.05. The molecule has 3 rings (SSSR count). The lowest BCUT2D eigenvalue weighted by Gasteiger charge is -2.22. The molecule has 6 nitrogen and oxygen atoms in total. The number of hydrogen-bond acceptors (Lipinski definition) is 5. The normalized spacial score (nSPS) is 12.1. The van der Waals surface area contributed by atoms with Crippen molar-refractivity contribution >= 4 is 39.1 Å². The number of aromatic amines is 1. The van der Waals surface area contributed by atoms with Crippen LogP contribution in [0, 0.1) is 0 Å². The van der Waals surface area contributed by atoms with E-state index in [-0.39, 0.29) is 18.0 Å². The number of ether oxygens (including phenoxy) is 1. The van der Waals surface area contributed by atoms with E-state index in [2.05, 4.69) is 9.97 Å². The molecular formula is C17H16ClN3O3S. The monoisotopic (exact) mass is 377 g/mol. The summed E-state index contributed by atoms with van der Waals surface area (Å²) in [6.07, 6.45) is -0.721. The fourth-order valence-corrected chi connectivity index (χ4v) is 3.30. The third-order valence-electron chi connectivity index (χ3n) is 3.62. The number of carbonyl (C=O) groups excluding carboxylic acids is 1. The summed E-state index contributed by atoms with van der Waals surface area (Å²) in [6.45, 7) is 1.83. The number of H-pyrrole nitrogens is 1. The SMILES string of the molecule is CC(Oc1ccccc1Cl)C(=O)N(C)Cc1nc2ccsc2c(=O)[nH]1. The first-order valence-corrected chi connectivity index (χ1v) is 8.84. The number of hydrogen-bond donors (Lipinski definition) is 1. The van der Waals surface area contributed by atoms with Gasteiger partial charge in [-0.3, -0.25) is 9.59 Å². The highest BCUT2D eigenvalue weighted by Gasteiger charge is 2.21. The highest BCUT2D eigenvalue weighted by Crippen LogP contribution is 2.24. The van der Waals surface area contributed by atoms with Crippen molar-refractivity contribution in [1.29, 1.82) is 0 Å². The number of carbonyl (C=O) groups is 1. The Morgan fingerprint density at radius 2 is 2.16 bits per heavy atom. The largest absolute Gasteiger partial charge is 0.479 e. The molecule has 0 radical (unpaired) electrons. The second-order valence-corrected chi connectivity index (χ2v) is 6.86. The zero-order valence-electron chi connectivity index (χ0n) is 13.7. The van der Waals surface area contributed by atoms with Gasteiger partial charge in [-0.15, -0.1) is 11.3 Å². The molecule has 0 saturated heterocycles. The fraction of sp³-hybridized carbons (Fsp3) is 0.235. The number of rotatable bonds is 5. The van der Waals surface area contributed by atoms with Gasteiger partial charge in [-0.25, -0.2) is 4.98 Å². The first kappa shape index (κ1) is 17.4. The molecule has 1 atom stereocenters. The van der Waals surface area contributed by atoms with Crippen molar-refractivity contribution < 1.29 is 9.53 Å². The molecule has 1 aromatic carbocycles. The lowest BCUT2D eigenvalue weighted by Crippen LogP contribution is -2.38. The highest BCUT2D eigenvalue weighted by atomic mass is 35.5. The molecule has 0 aliphatic rings. The van der Waals surface area contributed by atoms with Crippen molar-refractivity contribution in [2.45, 2.75) is 19.6 Å². The predicted octanol–water partition coefficient (Wildman–Crippen LogP) is 3.06. The number of fused-ring (bicyclic) bond motifs is 1. The van der Waals surface area contributed by atoms with Crippen molar-refractivity contribution in [3.8, 4) is 5.75 Å². The summed E-state index contributed by atoms with van der Waals surface area (Å²) in [7, 11) is 1.63. The summed E-state index contributed by atoms with van der Waals surface area (Å²) in [5.41, 5.74) is 0.432. The van der Waals surface area contributed by atoms with E-state index in [1.165, 1.54) is 16.2 Å². The van der Waals surface area contributed by atoms with Gasteiger partial charge in [0, 0.05) is 7.05 Å². The Labute approximate surface area is 153 Å². The van der Waals surface area contributed by atoms with Crippen molar-refractivity contribution in [2.75, 3.05) is 7.05 Å². The molecule has 25 heavy (non-hydrogen) atoms. The summed E-state index contributed by atoms with van der Waals surface area (Å²) >= 11 is 7.38. The van der Waals surface area contributed by atoms with Gasteiger partial charge in [0.1, 0.15) is 16.3 Å². The molecule has 0 bridgehead atoms. The van der Waals surface area contributed by atoms with Gasteiger partial charge >= 0.3 is 0 Å². The number of amides is 1. The van der Waals surface area contributed by atoms with Crippen LogP contribution in [0.2, 0.25) is 5.02 Å². The van der Waals surface area contributed by atoms with Crippen molar-refractivity contribution in [2.24, 2.45) is 0 Å². The highest BCUT2D eigenvalue weighted by molar-refractivity contribution is 7.17. The molecule has 0 saturated carbocycles. The number of halogens is 1. The van der Waals surface area contributed by atoms with Gasteiger partial charge < -0.3 is 14.6 Å². The fourth-order valence-electron chi connectivity index (χ4n) is 2.39. The average molecular weight is 378 g/mol. The van der Waals surface area contributed by atoms with Gasteiger partial charge in [0.25, 0.3) is 11.5 Å². The van der Waals surface area contributed by atoms with E-state index in [0.29, 0.717) is 26.8 Å². The van der Waals surface area contributed by atoms with E-state index in [0.717, 1.165) is 0 Å². The Morgan fingerprint density at radius 1 is 1.40 bits per heavy atom. The number of aromatic nitrogens is 2. The zero-order valence-corrected chi connectivity index (χ0v) is 15.2. The molecule has 8 heteroatoms. The second kappa shape index (κ2) is 7.25. The second-order valence-electron chi connectivity index (χ2n) is 5.53. The molecule has 130 valence electrons. The Balaban J connectivity index is 1.71. The molecular weight excluding hydrogens is 362 g/mol. The minimum Gasteiger partial charge on any atom is -0.479 e. The van der Waals surface area contributed by atoms with E-state index in [9.17, 15) is 9.59 Å². The molecule has 0 aliphatic carbocycles. The number of thiophene rings is 1. The van der Waals surface area contributed by atoms with E-state index in [1.54, 1.807) is 44.3 Å². The maximum atomic E-state index is 12.5. The van der Waals surface area contributed by atoms with Crippen LogP contribution >= 0.6 is 22.9 Å². The molecule has 3 aromatic rings. The van der Waals surface area contributed by atoms with E-state index in [4.69, 9.17) is 16.3 Å². The third-order valence-corrected chi connectivity index (χ3v) is 4.83. The van der Waals surface area contributed by atoms with Crippen LogP contribution in [0.25, 0.3) is 10.2 Å². The van der Waals surface area contributed by atoms with Gasteiger partial charge in [0.05, 0.1) is 17.1 Å². The lowest BCUT2D eigenvalue weighted by molar-refractivity contribution is -0.137. The first-order chi connectivity index (χ1) is 12.0. The number of nitrogens with one attached hydrogen (secondary N) is 1. The van der Waals surface area contributed by atoms with Crippen LogP contribution in [0.15, 0.2) is 40.5 Å². The van der Waals surface area contributed by atoms with Gasteiger partial charge in [0.2, 0.25) is 0 Å². The van der Waals surface area contributed by atoms with Gasteiger partial charge in [-0.1, -0.05) is 23.7 Å². The van der Waals surface area contributed by atoms with Gasteiger partial charge in [0.15, 0.2) is 6.10 Å². The molecule has 1 N–H and O–H groups in total. The number of benzene rings is 1. The third kappa shape index (κ3) is 3.83. The molecule has 2 heterocycles. The van der Waals surface area contributed by atoms with Crippen LogP contribution in [-0.2, 0) is 11.3 Å². The maximum absolute atomic E-state index is 12.5. The Kier molecular flexibility index (Phi) is 5.06. The smallest absolute Gasteiger partial charge is 0.268 e. The Morgan fingerprint density at radius 3 is 2.92 bits per heavy atom. The molecule has 0 fully saturated rings. The quantitative estimate of drug-likeness (QED) is 0.741. The standard InChI is InChI=1S/C17H16ClN3O3S/c1-10(24-13-6-4-3-5-11(13)18)17(23)21(2)9-14-19-12-7-8-25-15(12)16(22)20-14/h3-8,10H,9H2,1-2H3,(H,19,20,22). The summed E-state index contributed by atoms with van der Waals surface area (Å²) in [6, 6.07) is 8.76. The topological polar surface area (TPSA) is 75.3 Å². The first-order valence-electron chi connectivity index (χ1n) is 7.58. The van der Waals surface area contributed by atoms with Crippen LogP contribution in [0.4, 0.5) is 0 Å². The van der Waals surface area contributed by atoms with Crippen LogP contribution in [0.3, 0.4) is 0 Å². The van der Waals surface area contributed by atoms with Crippen LogP contribution in [0.1, 0.15) is 12.7 Å². The van der Waals surface area contributed by atoms with Crippen LogP contribution < -0.4 is 10.3 Å². The predicted molar refractivity (Wildman–Crippen MR) is 98.3 cm³/mol. The lowest BCUT2D eigenvalue weighted by atomic mass is 10.3.